The first-order valence-corrected chi connectivity index (χ1v) is 9.55. The molecule has 120 valence electrons. The lowest BCUT2D eigenvalue weighted by molar-refractivity contribution is 0.0506. The molecular weight excluding hydrogens is 298 g/mol. The molecule has 3 aliphatic rings. The molecule has 3 fully saturated rings. The molecular formula is C17H23NO3S. The number of hydrogen-bond donors (Lipinski definition) is 0. The Bertz CT molecular complexity index is 726. The van der Waals surface area contributed by atoms with Crippen molar-refractivity contribution in [3.8, 4) is 5.75 Å². The van der Waals surface area contributed by atoms with E-state index in [1.165, 1.54) is 19.3 Å². The fourth-order valence-electron chi connectivity index (χ4n) is 4.93. The average molecular weight is 321 g/mol. The molecule has 2 bridgehead atoms. The van der Waals surface area contributed by atoms with Gasteiger partial charge in [0.2, 0.25) is 10.0 Å². The van der Waals surface area contributed by atoms with Crippen LogP contribution in [0.3, 0.4) is 0 Å². The summed E-state index contributed by atoms with van der Waals surface area (Å²) in [5.74, 6) is 2.74. The Morgan fingerprint density at radius 3 is 2.55 bits per heavy atom. The van der Waals surface area contributed by atoms with Crippen molar-refractivity contribution in [2.24, 2.45) is 17.8 Å². The molecule has 1 aliphatic heterocycles. The Labute approximate surface area is 132 Å². The van der Waals surface area contributed by atoms with Crippen LogP contribution < -0.4 is 4.74 Å². The molecule has 4 rings (SSSR count). The van der Waals surface area contributed by atoms with E-state index in [0.717, 1.165) is 29.3 Å². The van der Waals surface area contributed by atoms with Crippen LogP contribution in [0.5, 0.6) is 5.75 Å². The number of sulfonamides is 1. The van der Waals surface area contributed by atoms with Crippen molar-refractivity contribution in [3.63, 3.8) is 0 Å². The third kappa shape index (κ3) is 1.75. The maximum atomic E-state index is 13.1. The van der Waals surface area contributed by atoms with Crippen LogP contribution in [0, 0.1) is 31.6 Å². The summed E-state index contributed by atoms with van der Waals surface area (Å²) in [6.07, 6.45) is 3.75. The summed E-state index contributed by atoms with van der Waals surface area (Å²) in [7, 11) is -1.76. The lowest BCUT2D eigenvalue weighted by atomic mass is 9.79. The zero-order valence-corrected chi connectivity index (χ0v) is 14.2. The topological polar surface area (TPSA) is 46.6 Å². The van der Waals surface area contributed by atoms with Crippen molar-refractivity contribution in [3.05, 3.63) is 23.3 Å². The van der Waals surface area contributed by atoms with Gasteiger partial charge in [-0.05, 0) is 74.1 Å². The van der Waals surface area contributed by atoms with E-state index >= 15 is 0 Å². The summed E-state index contributed by atoms with van der Waals surface area (Å²) in [5, 5.41) is 0. The van der Waals surface area contributed by atoms with Crippen LogP contribution in [-0.4, -0.2) is 32.4 Å². The minimum Gasteiger partial charge on any atom is -0.496 e. The SMILES string of the molecule is COc1ccc(S(=O)(=O)N2C[C@H]3[C@H]4CC[C@@H](C4)[C@H]32)c(C)c1C. The Hall–Kier alpha value is -1.07. The maximum absolute atomic E-state index is 13.1. The van der Waals surface area contributed by atoms with E-state index in [-0.39, 0.29) is 6.04 Å². The number of nitrogens with zero attached hydrogens (tertiary/aromatic N) is 1. The molecule has 4 atom stereocenters. The summed E-state index contributed by atoms with van der Waals surface area (Å²) >= 11 is 0. The average Bonchev–Trinajstić information content (AvgIpc) is 2.97. The molecule has 0 spiro atoms. The van der Waals surface area contributed by atoms with Crippen molar-refractivity contribution in [2.45, 2.75) is 44.0 Å². The van der Waals surface area contributed by atoms with Gasteiger partial charge in [0, 0.05) is 12.6 Å². The minimum atomic E-state index is -3.38. The molecule has 22 heavy (non-hydrogen) atoms. The van der Waals surface area contributed by atoms with Crippen LogP contribution in [0.4, 0.5) is 0 Å². The zero-order valence-electron chi connectivity index (χ0n) is 13.4. The summed E-state index contributed by atoms with van der Waals surface area (Å²) in [4.78, 5) is 0.451. The van der Waals surface area contributed by atoms with Crippen LogP contribution in [0.25, 0.3) is 0 Å². The molecule has 1 heterocycles. The third-order valence-corrected chi connectivity index (χ3v) is 8.27. The summed E-state index contributed by atoms with van der Waals surface area (Å²) in [6, 6.07) is 3.75. The third-order valence-electron chi connectivity index (χ3n) is 6.26. The maximum Gasteiger partial charge on any atom is 0.243 e. The summed E-state index contributed by atoms with van der Waals surface area (Å²) < 4.78 is 33.3. The molecule has 4 nitrogen and oxygen atoms in total. The lowest BCUT2D eigenvalue weighted by Crippen LogP contribution is -2.60. The number of ether oxygens (including phenoxy) is 1. The predicted molar refractivity (Wildman–Crippen MR) is 84.5 cm³/mol. The van der Waals surface area contributed by atoms with Crippen LogP contribution in [0.15, 0.2) is 17.0 Å². The smallest absolute Gasteiger partial charge is 0.243 e. The zero-order chi connectivity index (χ0) is 15.6. The molecule has 0 N–H and O–H groups in total. The van der Waals surface area contributed by atoms with Crippen molar-refractivity contribution >= 4 is 10.0 Å². The molecule has 1 aromatic rings. The first kappa shape index (κ1) is 14.5. The van der Waals surface area contributed by atoms with Gasteiger partial charge in [0.15, 0.2) is 0 Å². The van der Waals surface area contributed by atoms with E-state index in [0.29, 0.717) is 16.7 Å². The van der Waals surface area contributed by atoms with Crippen molar-refractivity contribution in [1.29, 1.82) is 0 Å². The Morgan fingerprint density at radius 1 is 1.14 bits per heavy atom. The van der Waals surface area contributed by atoms with Crippen LogP contribution in [-0.2, 0) is 10.0 Å². The van der Waals surface area contributed by atoms with Gasteiger partial charge in [0.25, 0.3) is 0 Å². The van der Waals surface area contributed by atoms with E-state index in [1.807, 2.05) is 13.8 Å². The van der Waals surface area contributed by atoms with Crippen LogP contribution >= 0.6 is 0 Å². The van der Waals surface area contributed by atoms with Crippen LogP contribution in [0.1, 0.15) is 30.4 Å². The van der Waals surface area contributed by atoms with Gasteiger partial charge in [-0.1, -0.05) is 0 Å². The minimum absolute atomic E-state index is 0.269. The van der Waals surface area contributed by atoms with Gasteiger partial charge >= 0.3 is 0 Å². The summed E-state index contributed by atoms with van der Waals surface area (Å²) in [5.41, 5.74) is 1.72. The van der Waals surface area contributed by atoms with E-state index in [9.17, 15) is 8.42 Å². The predicted octanol–water partition coefficient (Wildman–Crippen LogP) is 2.73. The lowest BCUT2D eigenvalue weighted by Gasteiger charge is -2.49. The molecule has 0 aromatic heterocycles. The summed E-state index contributed by atoms with van der Waals surface area (Å²) in [6.45, 7) is 4.52. The normalized spacial score (nSPS) is 33.6. The molecule has 2 aliphatic carbocycles. The number of fused-ring (bicyclic) bond motifs is 5. The fourth-order valence-corrected chi connectivity index (χ4v) is 6.98. The Balaban J connectivity index is 1.69. The highest BCUT2D eigenvalue weighted by molar-refractivity contribution is 7.89. The highest BCUT2D eigenvalue weighted by atomic mass is 32.2. The van der Waals surface area contributed by atoms with Gasteiger partial charge in [-0.2, -0.15) is 4.31 Å². The molecule has 5 heteroatoms. The second-order valence-corrected chi connectivity index (χ2v) is 8.94. The van der Waals surface area contributed by atoms with Gasteiger partial charge in [-0.25, -0.2) is 8.42 Å². The van der Waals surface area contributed by atoms with Crippen molar-refractivity contribution in [2.75, 3.05) is 13.7 Å². The van der Waals surface area contributed by atoms with Gasteiger partial charge in [-0.15, -0.1) is 0 Å². The highest BCUT2D eigenvalue weighted by Gasteiger charge is 2.59. The van der Waals surface area contributed by atoms with E-state index < -0.39 is 10.0 Å². The van der Waals surface area contributed by atoms with E-state index in [4.69, 9.17) is 4.74 Å². The highest BCUT2D eigenvalue weighted by Crippen LogP contribution is 2.56. The first-order chi connectivity index (χ1) is 10.4. The van der Waals surface area contributed by atoms with Crippen molar-refractivity contribution < 1.29 is 13.2 Å². The van der Waals surface area contributed by atoms with E-state index in [1.54, 1.807) is 23.5 Å². The van der Waals surface area contributed by atoms with E-state index in [2.05, 4.69) is 0 Å². The first-order valence-electron chi connectivity index (χ1n) is 8.11. The van der Waals surface area contributed by atoms with Gasteiger partial charge in [0.1, 0.15) is 5.75 Å². The molecule has 0 amide bonds. The number of hydrogen-bond acceptors (Lipinski definition) is 3. The number of rotatable bonds is 3. The number of methoxy groups -OCH3 is 1. The quantitative estimate of drug-likeness (QED) is 0.860. The standard InChI is InChI=1S/C17H23NO3S/c1-10-11(2)16(7-6-15(10)21-3)22(19,20)18-9-14-12-4-5-13(8-12)17(14)18/h6-7,12-14,17H,4-5,8-9H2,1-3H3/t12-,13-,14-,17+/m0/s1. The number of benzene rings is 1. The molecule has 1 aromatic carbocycles. The largest absolute Gasteiger partial charge is 0.496 e. The monoisotopic (exact) mass is 321 g/mol. The molecule has 2 saturated carbocycles. The Kier molecular flexibility index (Phi) is 3.11. The van der Waals surface area contributed by atoms with Gasteiger partial charge < -0.3 is 4.74 Å². The molecule has 0 radical (unpaired) electrons. The second-order valence-electron chi connectivity index (χ2n) is 7.08. The Morgan fingerprint density at radius 2 is 1.86 bits per heavy atom. The van der Waals surface area contributed by atoms with Crippen molar-refractivity contribution in [1.82, 2.24) is 4.31 Å². The van der Waals surface area contributed by atoms with Gasteiger partial charge in [0.05, 0.1) is 12.0 Å². The molecule has 0 unspecified atom stereocenters. The van der Waals surface area contributed by atoms with Crippen LogP contribution in [0.2, 0.25) is 0 Å². The molecule has 1 saturated heterocycles. The fraction of sp³-hybridized carbons (Fsp3) is 0.647. The second kappa shape index (κ2) is 4.71. The van der Waals surface area contributed by atoms with Gasteiger partial charge in [-0.3, -0.25) is 0 Å².